The Morgan fingerprint density at radius 2 is 1.58 bits per heavy atom. The SMILES string of the molecule is Cc1cc(C(N)c2cccc(C)c2Cl)c(C)cc1Cl. The number of hydrogen-bond donors (Lipinski definition) is 1. The maximum atomic E-state index is 6.38. The second-order valence-electron chi connectivity index (χ2n) is 4.91. The van der Waals surface area contributed by atoms with E-state index in [4.69, 9.17) is 28.9 Å². The van der Waals surface area contributed by atoms with Gasteiger partial charge in [0.1, 0.15) is 0 Å². The van der Waals surface area contributed by atoms with Gasteiger partial charge in [-0.25, -0.2) is 0 Å². The Bertz CT molecular complexity index is 620. The van der Waals surface area contributed by atoms with Crippen LogP contribution in [-0.4, -0.2) is 0 Å². The Labute approximate surface area is 124 Å². The Morgan fingerprint density at radius 3 is 2.26 bits per heavy atom. The van der Waals surface area contributed by atoms with Crippen molar-refractivity contribution < 1.29 is 0 Å². The minimum Gasteiger partial charge on any atom is -0.320 e. The van der Waals surface area contributed by atoms with Crippen molar-refractivity contribution in [3.05, 3.63) is 68.2 Å². The molecule has 1 unspecified atom stereocenters. The van der Waals surface area contributed by atoms with Gasteiger partial charge in [-0.2, -0.15) is 0 Å². The van der Waals surface area contributed by atoms with Crippen molar-refractivity contribution in [2.75, 3.05) is 0 Å². The molecule has 0 saturated carbocycles. The summed E-state index contributed by atoms with van der Waals surface area (Å²) in [7, 11) is 0. The molecule has 0 bridgehead atoms. The van der Waals surface area contributed by atoms with Gasteiger partial charge in [0.15, 0.2) is 0 Å². The van der Waals surface area contributed by atoms with Crippen molar-refractivity contribution in [1.29, 1.82) is 0 Å². The molecule has 100 valence electrons. The largest absolute Gasteiger partial charge is 0.320 e. The third-order valence-corrected chi connectivity index (χ3v) is 4.36. The van der Waals surface area contributed by atoms with Crippen LogP contribution in [0.4, 0.5) is 0 Å². The summed E-state index contributed by atoms with van der Waals surface area (Å²) in [4.78, 5) is 0. The summed E-state index contributed by atoms with van der Waals surface area (Å²) in [5, 5.41) is 1.51. The van der Waals surface area contributed by atoms with Crippen LogP contribution in [0.5, 0.6) is 0 Å². The van der Waals surface area contributed by atoms with Crippen molar-refractivity contribution in [3.63, 3.8) is 0 Å². The lowest BCUT2D eigenvalue weighted by Crippen LogP contribution is -2.14. The summed E-state index contributed by atoms with van der Waals surface area (Å²) in [5.41, 5.74) is 11.5. The predicted octanol–water partition coefficient (Wildman–Crippen LogP) is 4.97. The van der Waals surface area contributed by atoms with E-state index in [0.29, 0.717) is 0 Å². The standard InChI is InChI=1S/C16H17Cl2N/c1-9-5-4-6-12(15(9)18)16(19)13-7-11(3)14(17)8-10(13)2/h4-8,16H,19H2,1-3H3. The van der Waals surface area contributed by atoms with Gasteiger partial charge >= 0.3 is 0 Å². The van der Waals surface area contributed by atoms with Gasteiger partial charge in [-0.1, -0.05) is 47.5 Å². The summed E-state index contributed by atoms with van der Waals surface area (Å²) >= 11 is 12.5. The van der Waals surface area contributed by atoms with Gasteiger partial charge in [0, 0.05) is 10.0 Å². The summed E-state index contributed by atoms with van der Waals surface area (Å²) in [6.07, 6.45) is 0. The molecule has 0 spiro atoms. The summed E-state index contributed by atoms with van der Waals surface area (Å²) < 4.78 is 0. The predicted molar refractivity (Wildman–Crippen MR) is 83.1 cm³/mol. The van der Waals surface area contributed by atoms with Gasteiger partial charge in [-0.05, 0) is 54.7 Å². The van der Waals surface area contributed by atoms with Crippen molar-refractivity contribution in [3.8, 4) is 0 Å². The van der Waals surface area contributed by atoms with Crippen LogP contribution >= 0.6 is 23.2 Å². The van der Waals surface area contributed by atoms with E-state index in [9.17, 15) is 0 Å². The molecule has 19 heavy (non-hydrogen) atoms. The molecule has 2 N–H and O–H groups in total. The molecule has 0 radical (unpaired) electrons. The van der Waals surface area contributed by atoms with E-state index in [2.05, 4.69) is 0 Å². The zero-order valence-electron chi connectivity index (χ0n) is 11.3. The van der Waals surface area contributed by atoms with Crippen LogP contribution < -0.4 is 5.73 Å². The number of hydrogen-bond acceptors (Lipinski definition) is 1. The zero-order chi connectivity index (χ0) is 14.2. The molecule has 0 aromatic heterocycles. The Kier molecular flexibility index (Phi) is 4.19. The molecule has 0 amide bonds. The molecule has 2 aromatic carbocycles. The highest BCUT2D eigenvalue weighted by Crippen LogP contribution is 2.32. The van der Waals surface area contributed by atoms with E-state index < -0.39 is 0 Å². The van der Waals surface area contributed by atoms with E-state index in [1.165, 1.54) is 0 Å². The first-order valence-electron chi connectivity index (χ1n) is 6.19. The quantitative estimate of drug-likeness (QED) is 0.831. The molecule has 3 heteroatoms. The molecule has 1 nitrogen and oxygen atoms in total. The lowest BCUT2D eigenvalue weighted by atomic mass is 9.93. The van der Waals surface area contributed by atoms with Crippen LogP contribution in [0, 0.1) is 20.8 Å². The van der Waals surface area contributed by atoms with Crippen LogP contribution in [-0.2, 0) is 0 Å². The number of halogens is 2. The molecule has 2 aromatic rings. The highest BCUT2D eigenvalue weighted by molar-refractivity contribution is 6.32. The van der Waals surface area contributed by atoms with Crippen LogP contribution in [0.15, 0.2) is 30.3 Å². The maximum Gasteiger partial charge on any atom is 0.0569 e. The smallest absolute Gasteiger partial charge is 0.0569 e. The van der Waals surface area contributed by atoms with E-state index in [-0.39, 0.29) is 6.04 Å². The maximum absolute atomic E-state index is 6.38. The van der Waals surface area contributed by atoms with E-state index in [0.717, 1.165) is 37.9 Å². The molecule has 0 aliphatic carbocycles. The molecule has 0 saturated heterocycles. The minimum absolute atomic E-state index is 0.233. The first-order chi connectivity index (χ1) is 8.91. The normalized spacial score (nSPS) is 12.5. The summed E-state index contributed by atoms with van der Waals surface area (Å²) in [6.45, 7) is 5.98. The highest BCUT2D eigenvalue weighted by Gasteiger charge is 2.16. The third-order valence-electron chi connectivity index (χ3n) is 3.44. The number of rotatable bonds is 2. The van der Waals surface area contributed by atoms with Crippen LogP contribution in [0.2, 0.25) is 10.0 Å². The number of benzene rings is 2. The van der Waals surface area contributed by atoms with Crippen molar-refractivity contribution in [1.82, 2.24) is 0 Å². The Balaban J connectivity index is 2.53. The highest BCUT2D eigenvalue weighted by atomic mass is 35.5. The monoisotopic (exact) mass is 293 g/mol. The fourth-order valence-electron chi connectivity index (χ4n) is 2.22. The van der Waals surface area contributed by atoms with Crippen molar-refractivity contribution in [2.45, 2.75) is 26.8 Å². The summed E-state index contributed by atoms with van der Waals surface area (Å²) in [5.74, 6) is 0. The van der Waals surface area contributed by atoms with E-state index in [1.807, 2.05) is 51.1 Å². The molecule has 0 aliphatic rings. The Hall–Kier alpha value is -1.02. The molecular weight excluding hydrogens is 277 g/mol. The first kappa shape index (κ1) is 14.4. The van der Waals surface area contributed by atoms with Crippen LogP contribution in [0.25, 0.3) is 0 Å². The summed E-state index contributed by atoms with van der Waals surface area (Å²) in [6, 6.07) is 9.70. The van der Waals surface area contributed by atoms with Gasteiger partial charge in [0.25, 0.3) is 0 Å². The van der Waals surface area contributed by atoms with Gasteiger partial charge in [-0.15, -0.1) is 0 Å². The zero-order valence-corrected chi connectivity index (χ0v) is 12.8. The molecule has 2 rings (SSSR count). The van der Waals surface area contributed by atoms with Crippen LogP contribution in [0.1, 0.15) is 33.9 Å². The van der Waals surface area contributed by atoms with Gasteiger partial charge in [0.2, 0.25) is 0 Å². The Morgan fingerprint density at radius 1 is 0.895 bits per heavy atom. The second-order valence-corrected chi connectivity index (χ2v) is 5.70. The third kappa shape index (κ3) is 2.79. The number of aryl methyl sites for hydroxylation is 3. The molecule has 0 fully saturated rings. The first-order valence-corrected chi connectivity index (χ1v) is 6.94. The van der Waals surface area contributed by atoms with E-state index >= 15 is 0 Å². The van der Waals surface area contributed by atoms with Gasteiger partial charge in [0.05, 0.1) is 6.04 Å². The van der Waals surface area contributed by atoms with Gasteiger partial charge < -0.3 is 5.73 Å². The lowest BCUT2D eigenvalue weighted by Gasteiger charge is -2.18. The molecule has 0 heterocycles. The van der Waals surface area contributed by atoms with Crippen molar-refractivity contribution >= 4 is 23.2 Å². The topological polar surface area (TPSA) is 26.0 Å². The van der Waals surface area contributed by atoms with Gasteiger partial charge in [-0.3, -0.25) is 0 Å². The van der Waals surface area contributed by atoms with Crippen molar-refractivity contribution in [2.24, 2.45) is 5.73 Å². The molecule has 1 atom stereocenters. The fraction of sp³-hybridized carbons (Fsp3) is 0.250. The molecular formula is C16H17Cl2N. The number of nitrogens with two attached hydrogens (primary N) is 1. The molecule has 0 aliphatic heterocycles. The fourth-order valence-corrected chi connectivity index (χ4v) is 2.68. The van der Waals surface area contributed by atoms with E-state index in [1.54, 1.807) is 0 Å². The average Bonchev–Trinajstić information content (AvgIpc) is 2.36. The minimum atomic E-state index is -0.233. The second kappa shape index (κ2) is 5.54. The lowest BCUT2D eigenvalue weighted by molar-refractivity contribution is 0.858. The average molecular weight is 294 g/mol. The van der Waals surface area contributed by atoms with Crippen LogP contribution in [0.3, 0.4) is 0 Å².